The number of carbonyl (C=O) groups excluding carboxylic acids is 1. The van der Waals surface area contributed by atoms with E-state index in [2.05, 4.69) is 39.7 Å². The number of phenolic OH excluding ortho intramolecular Hbond substituents is 1. The van der Waals surface area contributed by atoms with Gasteiger partial charge in [0.25, 0.3) is 5.91 Å². The Labute approximate surface area is 180 Å². The molecule has 4 aromatic carbocycles. The fraction of sp³-hybridized carbons (Fsp3) is 0. The van der Waals surface area contributed by atoms with Crippen molar-refractivity contribution in [2.45, 2.75) is 0 Å². The molecule has 0 fully saturated rings. The third-order valence-electron chi connectivity index (χ3n) is 4.71. The molecular weight excluding hydrogens is 386 g/mol. The number of hydrogen-bond donors (Lipinski definition) is 2. The van der Waals surface area contributed by atoms with E-state index in [0.29, 0.717) is 0 Å². The van der Waals surface area contributed by atoms with Crippen LogP contribution in [-0.2, 0) is 0 Å². The monoisotopic (exact) mass is 407 g/mol. The van der Waals surface area contributed by atoms with Gasteiger partial charge in [0.05, 0.1) is 11.8 Å². The van der Waals surface area contributed by atoms with Crippen molar-refractivity contribution in [3.63, 3.8) is 0 Å². The minimum absolute atomic E-state index is 0.0820. The molecule has 0 radical (unpaired) electrons. The van der Waals surface area contributed by atoms with Gasteiger partial charge in [-0.3, -0.25) is 4.79 Å². The molecule has 4 aromatic rings. The number of amides is 1. The van der Waals surface area contributed by atoms with Gasteiger partial charge in [-0.15, -0.1) is 0 Å². The highest BCUT2D eigenvalue weighted by Gasteiger charge is 2.11. The molecule has 0 spiro atoms. The topological polar surface area (TPSA) is 64.9 Å². The van der Waals surface area contributed by atoms with E-state index in [-0.39, 0.29) is 11.3 Å². The Kier molecular flexibility index (Phi) is 6.05. The van der Waals surface area contributed by atoms with Crippen LogP contribution in [0.4, 0.5) is 17.1 Å². The maximum Gasteiger partial charge on any atom is 0.275 e. The second kappa shape index (κ2) is 9.41. The predicted molar refractivity (Wildman–Crippen MR) is 124 cm³/mol. The molecule has 1 amide bonds. The van der Waals surface area contributed by atoms with Crippen molar-refractivity contribution in [3.05, 3.63) is 120 Å². The molecule has 152 valence electrons. The van der Waals surface area contributed by atoms with Crippen molar-refractivity contribution in [1.82, 2.24) is 5.43 Å². The van der Waals surface area contributed by atoms with Gasteiger partial charge in [0.15, 0.2) is 0 Å². The summed E-state index contributed by atoms with van der Waals surface area (Å²) in [7, 11) is 0. The third-order valence-corrected chi connectivity index (χ3v) is 4.71. The highest BCUT2D eigenvalue weighted by Crippen LogP contribution is 2.33. The average molecular weight is 407 g/mol. The standard InChI is InChI=1S/C26H21N3O2/c30-25-14-8-7-13-24(25)26(31)28-27-19-20-15-17-23(18-16-20)29(21-9-3-1-4-10-21)22-11-5-2-6-12-22/h1-19,30H,(H,28,31)/b27-19-. The number of nitrogens with zero attached hydrogens (tertiary/aromatic N) is 2. The predicted octanol–water partition coefficient (Wildman–Crippen LogP) is 5.63. The van der Waals surface area contributed by atoms with Crippen LogP contribution in [-0.4, -0.2) is 17.2 Å². The lowest BCUT2D eigenvalue weighted by Crippen LogP contribution is -2.17. The summed E-state index contributed by atoms with van der Waals surface area (Å²) in [4.78, 5) is 14.3. The quantitative estimate of drug-likeness (QED) is 0.322. The van der Waals surface area contributed by atoms with Crippen molar-refractivity contribution in [1.29, 1.82) is 0 Å². The van der Waals surface area contributed by atoms with Crippen LogP contribution in [0.15, 0.2) is 114 Å². The van der Waals surface area contributed by atoms with E-state index in [1.807, 2.05) is 60.7 Å². The van der Waals surface area contributed by atoms with E-state index in [9.17, 15) is 9.90 Å². The fourth-order valence-corrected chi connectivity index (χ4v) is 3.20. The summed E-state index contributed by atoms with van der Waals surface area (Å²) in [6.07, 6.45) is 1.57. The van der Waals surface area contributed by atoms with Crippen molar-refractivity contribution in [2.75, 3.05) is 4.90 Å². The molecular formula is C26H21N3O2. The van der Waals surface area contributed by atoms with Crippen molar-refractivity contribution >= 4 is 29.2 Å². The summed E-state index contributed by atoms with van der Waals surface area (Å²) in [6, 6.07) is 34.5. The molecule has 4 rings (SSSR count). The van der Waals surface area contributed by atoms with E-state index in [1.165, 1.54) is 12.1 Å². The zero-order chi connectivity index (χ0) is 21.5. The Balaban J connectivity index is 1.52. The molecule has 0 saturated carbocycles. The molecule has 0 aromatic heterocycles. The lowest BCUT2D eigenvalue weighted by atomic mass is 10.1. The van der Waals surface area contributed by atoms with Gasteiger partial charge in [-0.25, -0.2) is 5.43 Å². The van der Waals surface area contributed by atoms with Gasteiger partial charge in [0, 0.05) is 17.1 Å². The zero-order valence-corrected chi connectivity index (χ0v) is 16.7. The van der Waals surface area contributed by atoms with Crippen LogP contribution in [0.1, 0.15) is 15.9 Å². The molecule has 0 atom stereocenters. The van der Waals surface area contributed by atoms with Crippen molar-refractivity contribution < 1.29 is 9.90 Å². The Morgan fingerprint density at radius 2 is 1.23 bits per heavy atom. The van der Waals surface area contributed by atoms with Gasteiger partial charge in [-0.05, 0) is 54.1 Å². The lowest BCUT2D eigenvalue weighted by molar-refractivity contribution is 0.0952. The second-order valence-corrected chi connectivity index (χ2v) is 6.81. The van der Waals surface area contributed by atoms with E-state index in [1.54, 1.807) is 18.3 Å². The lowest BCUT2D eigenvalue weighted by Gasteiger charge is -2.25. The first-order chi connectivity index (χ1) is 15.2. The van der Waals surface area contributed by atoms with Gasteiger partial charge in [0.1, 0.15) is 5.75 Å². The van der Waals surface area contributed by atoms with Crippen LogP contribution in [0.25, 0.3) is 0 Å². The van der Waals surface area contributed by atoms with Crippen LogP contribution in [0.2, 0.25) is 0 Å². The molecule has 31 heavy (non-hydrogen) atoms. The van der Waals surface area contributed by atoms with Crippen LogP contribution < -0.4 is 10.3 Å². The number of rotatable bonds is 6. The minimum atomic E-state index is -0.467. The molecule has 5 nitrogen and oxygen atoms in total. The number of nitrogens with one attached hydrogen (secondary N) is 1. The third kappa shape index (κ3) is 4.79. The smallest absolute Gasteiger partial charge is 0.275 e. The molecule has 0 aliphatic heterocycles. The summed E-state index contributed by atoms with van der Waals surface area (Å²) in [5, 5.41) is 13.8. The highest BCUT2D eigenvalue weighted by atomic mass is 16.3. The Morgan fingerprint density at radius 1 is 0.710 bits per heavy atom. The first-order valence-electron chi connectivity index (χ1n) is 9.84. The largest absolute Gasteiger partial charge is 0.507 e. The molecule has 0 unspecified atom stereocenters. The average Bonchev–Trinajstić information content (AvgIpc) is 2.82. The fourth-order valence-electron chi connectivity index (χ4n) is 3.20. The Hall–Kier alpha value is -4.38. The van der Waals surface area contributed by atoms with Crippen molar-refractivity contribution in [3.8, 4) is 5.75 Å². The summed E-state index contributed by atoms with van der Waals surface area (Å²) in [5.74, 6) is -0.549. The Morgan fingerprint density at radius 3 is 1.81 bits per heavy atom. The van der Waals surface area contributed by atoms with Crippen LogP contribution in [0.3, 0.4) is 0 Å². The normalized spacial score (nSPS) is 10.7. The highest BCUT2D eigenvalue weighted by molar-refractivity contribution is 5.97. The molecule has 0 bridgehead atoms. The van der Waals surface area contributed by atoms with Crippen LogP contribution >= 0.6 is 0 Å². The number of phenols is 1. The van der Waals surface area contributed by atoms with E-state index in [4.69, 9.17) is 0 Å². The number of aromatic hydroxyl groups is 1. The molecule has 0 saturated heterocycles. The number of hydrogen-bond acceptors (Lipinski definition) is 4. The van der Waals surface area contributed by atoms with Crippen LogP contribution in [0.5, 0.6) is 5.75 Å². The number of hydrazone groups is 1. The van der Waals surface area contributed by atoms with Crippen LogP contribution in [0, 0.1) is 0 Å². The summed E-state index contributed by atoms with van der Waals surface area (Å²) < 4.78 is 0. The SMILES string of the molecule is O=C(N/N=C\c1ccc(N(c2ccccc2)c2ccccc2)cc1)c1ccccc1O. The van der Waals surface area contributed by atoms with Gasteiger partial charge in [-0.2, -0.15) is 5.10 Å². The van der Waals surface area contributed by atoms with Gasteiger partial charge >= 0.3 is 0 Å². The van der Waals surface area contributed by atoms with Gasteiger partial charge in [-0.1, -0.05) is 60.7 Å². The molecule has 5 heteroatoms. The second-order valence-electron chi connectivity index (χ2n) is 6.81. The summed E-state index contributed by atoms with van der Waals surface area (Å²) in [6.45, 7) is 0. The Bertz CT molecular complexity index is 1130. The maximum atomic E-state index is 12.1. The van der Waals surface area contributed by atoms with Gasteiger partial charge in [0.2, 0.25) is 0 Å². The van der Waals surface area contributed by atoms with Gasteiger partial charge < -0.3 is 10.0 Å². The first-order valence-corrected chi connectivity index (χ1v) is 9.84. The number of para-hydroxylation sites is 3. The molecule has 0 aliphatic carbocycles. The maximum absolute atomic E-state index is 12.1. The number of benzene rings is 4. The summed E-state index contributed by atoms with van der Waals surface area (Å²) in [5.41, 5.74) is 6.58. The van der Waals surface area contributed by atoms with E-state index < -0.39 is 5.91 Å². The van der Waals surface area contributed by atoms with Crippen molar-refractivity contribution in [2.24, 2.45) is 5.10 Å². The minimum Gasteiger partial charge on any atom is -0.507 e. The summed E-state index contributed by atoms with van der Waals surface area (Å²) >= 11 is 0. The molecule has 0 heterocycles. The van der Waals surface area contributed by atoms with E-state index in [0.717, 1.165) is 22.6 Å². The number of anilines is 3. The molecule has 2 N–H and O–H groups in total. The molecule has 0 aliphatic rings. The zero-order valence-electron chi connectivity index (χ0n) is 16.7. The number of carbonyl (C=O) groups is 1. The van der Waals surface area contributed by atoms with E-state index >= 15 is 0 Å². The first kappa shape index (κ1) is 19.9.